The number of allylic oxidation sites excluding steroid dienone is 2. The molecular formula is C20H20Cl2N2O4S. The van der Waals surface area contributed by atoms with Crippen molar-refractivity contribution in [3.8, 4) is 0 Å². The van der Waals surface area contributed by atoms with Crippen LogP contribution in [0.4, 0.5) is 0 Å². The number of benzene rings is 1. The summed E-state index contributed by atoms with van der Waals surface area (Å²) in [6.45, 7) is 5.39. The number of nitrogens with zero attached hydrogens (tertiary/aromatic N) is 1. The highest BCUT2D eigenvalue weighted by Crippen LogP contribution is 2.50. The lowest BCUT2D eigenvalue weighted by atomic mass is 9.70. The molecule has 154 valence electrons. The number of carbonyl (C=O) groups is 1. The number of hydrogen-bond donors (Lipinski definition) is 2. The van der Waals surface area contributed by atoms with Crippen LogP contribution in [0.2, 0.25) is 10.0 Å². The minimum Gasteiger partial charge on any atom is -0.291 e. The first kappa shape index (κ1) is 21.8. The Bertz CT molecular complexity index is 1140. The van der Waals surface area contributed by atoms with Gasteiger partial charge in [-0.25, -0.2) is 0 Å². The number of rotatable bonds is 5. The minimum atomic E-state index is -4.97. The van der Waals surface area contributed by atoms with Crippen LogP contribution in [0.1, 0.15) is 43.2 Å². The molecule has 2 unspecified atom stereocenters. The Morgan fingerprint density at radius 2 is 1.93 bits per heavy atom. The van der Waals surface area contributed by atoms with Crippen LogP contribution in [0.5, 0.6) is 0 Å². The maximum Gasteiger partial charge on any atom is 0.286 e. The molecule has 1 aliphatic rings. The molecule has 1 aromatic heterocycles. The van der Waals surface area contributed by atoms with E-state index in [2.05, 4.69) is 10.2 Å². The van der Waals surface area contributed by atoms with E-state index >= 15 is 0 Å². The zero-order chi connectivity index (χ0) is 21.6. The SMILES string of the molecule is CCC1(C)C=C(C)C(C(=O)c2ccc(Cl)cc2Cl)(S(=O)(=O)O)C(c2ccn[nH]2)=C1. The van der Waals surface area contributed by atoms with Gasteiger partial charge in [-0.05, 0) is 43.2 Å². The van der Waals surface area contributed by atoms with E-state index in [1.807, 2.05) is 13.8 Å². The summed E-state index contributed by atoms with van der Waals surface area (Å²) in [4.78, 5) is 13.7. The zero-order valence-corrected chi connectivity index (χ0v) is 18.4. The third-order valence-electron chi connectivity index (χ3n) is 5.39. The first-order valence-electron chi connectivity index (χ1n) is 8.86. The number of halogens is 2. The Labute approximate surface area is 179 Å². The second-order valence-corrected chi connectivity index (χ2v) is 9.73. The number of Topliss-reactive ketones (excluding diaryl/α,β-unsaturated/α-hetero) is 1. The monoisotopic (exact) mass is 454 g/mol. The average Bonchev–Trinajstić information content (AvgIpc) is 3.14. The molecule has 0 fully saturated rings. The number of hydrogen-bond acceptors (Lipinski definition) is 4. The van der Waals surface area contributed by atoms with Crippen molar-refractivity contribution in [2.45, 2.75) is 31.9 Å². The molecule has 1 aliphatic carbocycles. The molecule has 29 heavy (non-hydrogen) atoms. The van der Waals surface area contributed by atoms with Gasteiger partial charge in [0.15, 0.2) is 5.78 Å². The molecule has 2 atom stereocenters. The number of aromatic amines is 1. The lowest BCUT2D eigenvalue weighted by Crippen LogP contribution is -2.51. The van der Waals surface area contributed by atoms with E-state index < -0.39 is 26.1 Å². The average molecular weight is 455 g/mol. The lowest BCUT2D eigenvalue weighted by Gasteiger charge is -2.39. The smallest absolute Gasteiger partial charge is 0.286 e. The van der Waals surface area contributed by atoms with Gasteiger partial charge in [-0.3, -0.25) is 14.4 Å². The third kappa shape index (κ3) is 3.46. The van der Waals surface area contributed by atoms with Crippen molar-refractivity contribution in [2.24, 2.45) is 5.41 Å². The number of nitrogens with one attached hydrogen (secondary N) is 1. The first-order chi connectivity index (χ1) is 13.5. The molecule has 0 bridgehead atoms. The van der Waals surface area contributed by atoms with Gasteiger partial charge < -0.3 is 0 Å². The molecule has 0 aliphatic heterocycles. The lowest BCUT2D eigenvalue weighted by molar-refractivity contribution is 0.0971. The molecule has 0 radical (unpaired) electrons. The highest BCUT2D eigenvalue weighted by atomic mass is 35.5. The molecule has 6 nitrogen and oxygen atoms in total. The van der Waals surface area contributed by atoms with E-state index in [0.29, 0.717) is 17.1 Å². The molecule has 1 heterocycles. The second-order valence-electron chi connectivity index (χ2n) is 7.32. The van der Waals surface area contributed by atoms with Gasteiger partial charge in [0.05, 0.1) is 10.7 Å². The van der Waals surface area contributed by atoms with Crippen LogP contribution in [0, 0.1) is 5.41 Å². The minimum absolute atomic E-state index is 0.00823. The van der Waals surface area contributed by atoms with Crippen molar-refractivity contribution in [1.82, 2.24) is 10.2 Å². The molecule has 0 amide bonds. The van der Waals surface area contributed by atoms with Gasteiger partial charge in [0, 0.05) is 27.8 Å². The van der Waals surface area contributed by atoms with Crippen LogP contribution in [-0.4, -0.2) is 33.7 Å². The van der Waals surface area contributed by atoms with Crippen molar-refractivity contribution in [2.75, 3.05) is 0 Å². The Balaban J connectivity index is 2.41. The van der Waals surface area contributed by atoms with Crippen LogP contribution in [0.3, 0.4) is 0 Å². The highest BCUT2D eigenvalue weighted by molar-refractivity contribution is 7.89. The maximum atomic E-state index is 13.7. The quantitative estimate of drug-likeness (QED) is 0.376. The van der Waals surface area contributed by atoms with E-state index in [9.17, 15) is 17.8 Å². The fourth-order valence-electron chi connectivity index (χ4n) is 3.78. The van der Waals surface area contributed by atoms with E-state index in [1.165, 1.54) is 31.3 Å². The normalized spacial score (nSPS) is 24.8. The van der Waals surface area contributed by atoms with E-state index in [1.54, 1.807) is 18.2 Å². The zero-order valence-electron chi connectivity index (χ0n) is 16.0. The molecule has 0 saturated heterocycles. The fourth-order valence-corrected chi connectivity index (χ4v) is 5.53. The van der Waals surface area contributed by atoms with Crippen molar-refractivity contribution < 1.29 is 17.8 Å². The maximum absolute atomic E-state index is 13.7. The predicted octanol–water partition coefficient (Wildman–Crippen LogP) is 4.99. The molecule has 2 N–H and O–H groups in total. The summed E-state index contributed by atoms with van der Waals surface area (Å²) in [6.07, 6.45) is 5.48. The van der Waals surface area contributed by atoms with Gasteiger partial charge in [0.25, 0.3) is 10.1 Å². The van der Waals surface area contributed by atoms with Gasteiger partial charge in [-0.15, -0.1) is 0 Å². The molecule has 2 aromatic rings. The number of carbonyl (C=O) groups excluding carboxylic acids is 1. The van der Waals surface area contributed by atoms with Gasteiger partial charge in [-0.1, -0.05) is 49.2 Å². The summed E-state index contributed by atoms with van der Waals surface area (Å²) in [6, 6.07) is 5.70. The van der Waals surface area contributed by atoms with Crippen LogP contribution in [0.25, 0.3) is 5.57 Å². The summed E-state index contributed by atoms with van der Waals surface area (Å²) in [7, 11) is -4.97. The van der Waals surface area contributed by atoms with Gasteiger partial charge in [0.2, 0.25) is 4.75 Å². The molecule has 0 saturated carbocycles. The molecule has 1 aromatic carbocycles. The Hall–Kier alpha value is -1.93. The van der Waals surface area contributed by atoms with E-state index in [-0.39, 0.29) is 21.7 Å². The number of aromatic nitrogens is 2. The first-order valence-corrected chi connectivity index (χ1v) is 11.1. The summed E-state index contributed by atoms with van der Waals surface area (Å²) in [5.74, 6) is -0.866. The van der Waals surface area contributed by atoms with E-state index in [0.717, 1.165) is 0 Å². The van der Waals surface area contributed by atoms with Crippen LogP contribution in [0.15, 0.2) is 48.2 Å². The van der Waals surface area contributed by atoms with E-state index in [4.69, 9.17) is 23.2 Å². The second kappa shape index (κ2) is 7.40. The highest BCUT2D eigenvalue weighted by Gasteiger charge is 2.58. The number of H-pyrrole nitrogens is 1. The third-order valence-corrected chi connectivity index (χ3v) is 7.44. The standard InChI is InChI=1S/C20H20Cl2N2O4S/c1-4-19(3)10-12(2)20(29(26,27)28,15(11-19)17-7-8-23-24-17)18(25)14-6-5-13(21)9-16(14)22/h5-11H,4H2,1-3H3,(H,23,24)(H,26,27,28). The van der Waals surface area contributed by atoms with Crippen LogP contribution in [-0.2, 0) is 10.1 Å². The Kier molecular flexibility index (Phi) is 5.55. The molecule has 0 spiro atoms. The van der Waals surface area contributed by atoms with Gasteiger partial charge >= 0.3 is 0 Å². The summed E-state index contributed by atoms with van der Waals surface area (Å²) >= 11 is 12.1. The van der Waals surface area contributed by atoms with Crippen molar-refractivity contribution >= 4 is 44.7 Å². The molecule has 9 heteroatoms. The van der Waals surface area contributed by atoms with Crippen LogP contribution >= 0.6 is 23.2 Å². The van der Waals surface area contributed by atoms with Crippen molar-refractivity contribution in [3.05, 3.63) is 69.5 Å². The summed E-state index contributed by atoms with van der Waals surface area (Å²) in [5, 5.41) is 6.90. The van der Waals surface area contributed by atoms with Crippen LogP contribution < -0.4 is 0 Å². The van der Waals surface area contributed by atoms with Gasteiger partial charge in [-0.2, -0.15) is 13.5 Å². The van der Waals surface area contributed by atoms with Crippen molar-refractivity contribution in [3.63, 3.8) is 0 Å². The molecular weight excluding hydrogens is 435 g/mol. The number of ketones is 1. The fraction of sp³-hybridized carbons (Fsp3) is 0.300. The summed E-state index contributed by atoms with van der Waals surface area (Å²) in [5.41, 5.74) is 0.0217. The Morgan fingerprint density at radius 3 is 2.45 bits per heavy atom. The predicted molar refractivity (Wildman–Crippen MR) is 114 cm³/mol. The summed E-state index contributed by atoms with van der Waals surface area (Å²) < 4.78 is 33.8. The topological polar surface area (TPSA) is 100 Å². The largest absolute Gasteiger partial charge is 0.291 e. The Morgan fingerprint density at radius 1 is 1.24 bits per heavy atom. The van der Waals surface area contributed by atoms with Crippen molar-refractivity contribution in [1.29, 1.82) is 0 Å². The van der Waals surface area contributed by atoms with Gasteiger partial charge in [0.1, 0.15) is 0 Å². The molecule has 3 rings (SSSR count).